The van der Waals surface area contributed by atoms with Crippen LogP contribution in [0.15, 0.2) is 29.8 Å². The number of allylic oxidation sites excluding steroid dienone is 2. The SMILES string of the molecule is C/C=C(\C)Cc1nc2ccc(I)cc2nc1CC. The molecule has 2 aromatic rings. The lowest BCUT2D eigenvalue weighted by atomic mass is 10.1. The quantitative estimate of drug-likeness (QED) is 0.608. The first-order chi connectivity index (χ1) is 8.63. The van der Waals surface area contributed by atoms with E-state index in [4.69, 9.17) is 9.97 Å². The van der Waals surface area contributed by atoms with Crippen molar-refractivity contribution < 1.29 is 0 Å². The predicted octanol–water partition coefficient (Wildman–Crippen LogP) is 4.31. The predicted molar refractivity (Wildman–Crippen MR) is 84.8 cm³/mol. The first-order valence-corrected chi connectivity index (χ1v) is 7.28. The number of hydrogen-bond acceptors (Lipinski definition) is 2. The number of benzene rings is 1. The van der Waals surface area contributed by atoms with Crippen molar-refractivity contribution in [1.29, 1.82) is 0 Å². The molecule has 0 aliphatic heterocycles. The van der Waals surface area contributed by atoms with Crippen LogP contribution in [0.25, 0.3) is 11.0 Å². The molecule has 0 aliphatic carbocycles. The molecule has 3 heteroatoms. The average Bonchev–Trinajstić information content (AvgIpc) is 2.38. The molecule has 0 aliphatic rings. The largest absolute Gasteiger partial charge is 0.249 e. The summed E-state index contributed by atoms with van der Waals surface area (Å²) in [6, 6.07) is 6.22. The molecule has 0 unspecified atom stereocenters. The molecular weight excluding hydrogens is 335 g/mol. The number of aromatic nitrogens is 2. The molecule has 1 aromatic heterocycles. The molecule has 0 amide bonds. The van der Waals surface area contributed by atoms with Crippen LogP contribution in [-0.2, 0) is 12.8 Å². The second kappa shape index (κ2) is 5.78. The lowest BCUT2D eigenvalue weighted by molar-refractivity contribution is 0.937. The number of hydrogen-bond donors (Lipinski definition) is 0. The Morgan fingerprint density at radius 2 is 1.94 bits per heavy atom. The molecule has 0 radical (unpaired) electrons. The van der Waals surface area contributed by atoms with E-state index in [0.717, 1.165) is 35.3 Å². The summed E-state index contributed by atoms with van der Waals surface area (Å²) in [6.45, 7) is 6.34. The van der Waals surface area contributed by atoms with E-state index in [-0.39, 0.29) is 0 Å². The summed E-state index contributed by atoms with van der Waals surface area (Å²) in [6.07, 6.45) is 3.97. The number of nitrogens with zero attached hydrogens (tertiary/aromatic N) is 2. The van der Waals surface area contributed by atoms with Gasteiger partial charge in [0.15, 0.2) is 0 Å². The van der Waals surface area contributed by atoms with Gasteiger partial charge in [0.1, 0.15) is 0 Å². The molecule has 0 bridgehead atoms. The highest BCUT2D eigenvalue weighted by Crippen LogP contribution is 2.18. The molecular formula is C15H17IN2. The minimum absolute atomic E-state index is 0.897. The Kier molecular flexibility index (Phi) is 4.32. The zero-order valence-electron chi connectivity index (χ0n) is 11.0. The Morgan fingerprint density at radius 3 is 2.61 bits per heavy atom. The maximum atomic E-state index is 4.77. The molecule has 1 heterocycles. The third-order valence-electron chi connectivity index (χ3n) is 3.06. The third kappa shape index (κ3) is 2.88. The maximum absolute atomic E-state index is 4.77. The topological polar surface area (TPSA) is 25.8 Å². The van der Waals surface area contributed by atoms with E-state index in [0.29, 0.717) is 0 Å². The second-order valence-corrected chi connectivity index (χ2v) is 5.66. The normalized spacial score (nSPS) is 12.1. The van der Waals surface area contributed by atoms with Gasteiger partial charge in [0.25, 0.3) is 0 Å². The third-order valence-corrected chi connectivity index (χ3v) is 3.73. The van der Waals surface area contributed by atoms with Gasteiger partial charge in [-0.05, 0) is 61.1 Å². The minimum atomic E-state index is 0.897. The number of aryl methyl sites for hydroxylation is 1. The van der Waals surface area contributed by atoms with E-state index in [1.165, 1.54) is 9.14 Å². The van der Waals surface area contributed by atoms with Crippen LogP contribution in [-0.4, -0.2) is 9.97 Å². The molecule has 0 N–H and O–H groups in total. The maximum Gasteiger partial charge on any atom is 0.0900 e. The van der Waals surface area contributed by atoms with Crippen LogP contribution in [0.2, 0.25) is 0 Å². The summed E-state index contributed by atoms with van der Waals surface area (Å²) in [5.41, 5.74) is 5.56. The van der Waals surface area contributed by atoms with Crippen LogP contribution in [0.1, 0.15) is 32.2 Å². The van der Waals surface area contributed by atoms with Crippen molar-refractivity contribution in [2.24, 2.45) is 0 Å². The van der Waals surface area contributed by atoms with Crippen molar-refractivity contribution in [3.8, 4) is 0 Å². The molecule has 0 spiro atoms. The van der Waals surface area contributed by atoms with E-state index in [1.807, 2.05) is 0 Å². The van der Waals surface area contributed by atoms with Crippen LogP contribution >= 0.6 is 22.6 Å². The monoisotopic (exact) mass is 352 g/mol. The van der Waals surface area contributed by atoms with Crippen molar-refractivity contribution in [3.05, 3.63) is 44.8 Å². The Balaban J connectivity index is 2.55. The smallest absolute Gasteiger partial charge is 0.0900 e. The molecule has 94 valence electrons. The van der Waals surface area contributed by atoms with E-state index in [9.17, 15) is 0 Å². The van der Waals surface area contributed by atoms with Gasteiger partial charge in [0.05, 0.1) is 22.4 Å². The van der Waals surface area contributed by atoms with E-state index in [1.54, 1.807) is 0 Å². The Hall–Kier alpha value is -0.970. The van der Waals surface area contributed by atoms with Crippen molar-refractivity contribution in [2.45, 2.75) is 33.6 Å². The van der Waals surface area contributed by atoms with E-state index >= 15 is 0 Å². The van der Waals surface area contributed by atoms with E-state index < -0.39 is 0 Å². The zero-order chi connectivity index (χ0) is 13.1. The van der Waals surface area contributed by atoms with Gasteiger partial charge < -0.3 is 0 Å². The highest BCUT2D eigenvalue weighted by atomic mass is 127. The van der Waals surface area contributed by atoms with Crippen LogP contribution in [0, 0.1) is 3.57 Å². The summed E-state index contributed by atoms with van der Waals surface area (Å²) in [4.78, 5) is 9.52. The Labute approximate surface area is 122 Å². The lowest BCUT2D eigenvalue weighted by Gasteiger charge is -2.08. The van der Waals surface area contributed by atoms with Gasteiger partial charge in [0, 0.05) is 9.99 Å². The van der Waals surface area contributed by atoms with Crippen LogP contribution in [0.3, 0.4) is 0 Å². The van der Waals surface area contributed by atoms with E-state index in [2.05, 4.69) is 67.6 Å². The zero-order valence-corrected chi connectivity index (χ0v) is 13.2. The van der Waals surface area contributed by atoms with Gasteiger partial charge in [-0.2, -0.15) is 0 Å². The highest BCUT2D eigenvalue weighted by molar-refractivity contribution is 14.1. The second-order valence-electron chi connectivity index (χ2n) is 4.42. The van der Waals surface area contributed by atoms with Crippen LogP contribution in [0.5, 0.6) is 0 Å². The first kappa shape index (κ1) is 13.5. The summed E-state index contributed by atoms with van der Waals surface area (Å²) in [7, 11) is 0. The molecule has 0 saturated heterocycles. The van der Waals surface area contributed by atoms with Gasteiger partial charge in [-0.1, -0.05) is 18.6 Å². The van der Waals surface area contributed by atoms with Crippen LogP contribution < -0.4 is 0 Å². The van der Waals surface area contributed by atoms with Gasteiger partial charge in [-0.3, -0.25) is 0 Å². The van der Waals surface area contributed by atoms with Crippen molar-refractivity contribution >= 4 is 33.6 Å². The molecule has 2 rings (SSSR count). The Bertz CT molecular complexity index is 603. The average molecular weight is 352 g/mol. The number of halogens is 1. The first-order valence-electron chi connectivity index (χ1n) is 6.21. The summed E-state index contributed by atoms with van der Waals surface area (Å²) < 4.78 is 1.20. The molecule has 1 aromatic carbocycles. The molecule has 18 heavy (non-hydrogen) atoms. The number of fused-ring (bicyclic) bond motifs is 1. The van der Waals surface area contributed by atoms with Crippen molar-refractivity contribution in [1.82, 2.24) is 9.97 Å². The van der Waals surface area contributed by atoms with Crippen molar-refractivity contribution in [2.75, 3.05) is 0 Å². The standard InChI is InChI=1S/C15H17IN2/c1-4-10(3)8-14-12(5-2)17-15-9-11(16)6-7-13(15)18-14/h4,6-7,9H,5,8H2,1-3H3/b10-4+. The summed E-state index contributed by atoms with van der Waals surface area (Å²) in [5, 5.41) is 0. The van der Waals surface area contributed by atoms with Gasteiger partial charge >= 0.3 is 0 Å². The van der Waals surface area contributed by atoms with Crippen molar-refractivity contribution in [3.63, 3.8) is 0 Å². The van der Waals surface area contributed by atoms with Gasteiger partial charge in [0.2, 0.25) is 0 Å². The highest BCUT2D eigenvalue weighted by Gasteiger charge is 2.08. The summed E-state index contributed by atoms with van der Waals surface area (Å²) >= 11 is 2.31. The Morgan fingerprint density at radius 1 is 1.22 bits per heavy atom. The van der Waals surface area contributed by atoms with Gasteiger partial charge in [-0.15, -0.1) is 0 Å². The number of rotatable bonds is 3. The minimum Gasteiger partial charge on any atom is -0.249 e. The molecule has 0 atom stereocenters. The fraction of sp³-hybridized carbons (Fsp3) is 0.333. The fourth-order valence-corrected chi connectivity index (χ4v) is 2.37. The fourth-order valence-electron chi connectivity index (χ4n) is 1.89. The molecule has 0 saturated carbocycles. The molecule has 0 fully saturated rings. The van der Waals surface area contributed by atoms with Crippen LogP contribution in [0.4, 0.5) is 0 Å². The van der Waals surface area contributed by atoms with Gasteiger partial charge in [-0.25, -0.2) is 9.97 Å². The molecule has 2 nitrogen and oxygen atoms in total. The lowest BCUT2D eigenvalue weighted by Crippen LogP contribution is -2.02. The summed E-state index contributed by atoms with van der Waals surface area (Å²) in [5.74, 6) is 0.